The molecule has 0 fully saturated rings. The van der Waals surface area contributed by atoms with Crippen molar-refractivity contribution in [3.05, 3.63) is 95.7 Å². The molecule has 1 aromatic heterocycles. The van der Waals surface area contributed by atoms with Crippen LogP contribution in [-0.2, 0) is 16.4 Å². The highest BCUT2D eigenvalue weighted by atomic mass is 32.2. The minimum Gasteiger partial charge on any atom is -0.497 e. The van der Waals surface area contributed by atoms with E-state index in [1.165, 1.54) is 3.97 Å². The van der Waals surface area contributed by atoms with Crippen LogP contribution in [0.5, 0.6) is 5.75 Å². The number of carbonyl (C=O) groups excluding carboxylic acids is 1. The van der Waals surface area contributed by atoms with E-state index in [1.807, 2.05) is 13.0 Å². The van der Waals surface area contributed by atoms with Crippen molar-refractivity contribution in [2.45, 2.75) is 18.2 Å². The van der Waals surface area contributed by atoms with E-state index in [0.29, 0.717) is 16.7 Å². The summed E-state index contributed by atoms with van der Waals surface area (Å²) >= 11 is 0. The first-order chi connectivity index (χ1) is 14.4. The molecule has 3 aromatic carbocycles. The van der Waals surface area contributed by atoms with Gasteiger partial charge in [0.1, 0.15) is 11.4 Å². The second-order valence-electron chi connectivity index (χ2n) is 7.12. The Morgan fingerprint density at radius 2 is 1.60 bits per heavy atom. The number of fused-ring (bicyclic) bond motifs is 1. The molecular weight excluding hydrogens is 398 g/mol. The van der Waals surface area contributed by atoms with Gasteiger partial charge in [-0.25, -0.2) is 12.4 Å². The normalized spacial score (nSPS) is 11.5. The number of benzene rings is 3. The van der Waals surface area contributed by atoms with Gasteiger partial charge in [-0.1, -0.05) is 48.0 Å². The number of aromatic nitrogens is 1. The molecule has 0 unspecified atom stereocenters. The van der Waals surface area contributed by atoms with Crippen molar-refractivity contribution < 1.29 is 17.9 Å². The van der Waals surface area contributed by atoms with Crippen LogP contribution in [0.1, 0.15) is 21.6 Å². The van der Waals surface area contributed by atoms with E-state index in [-0.39, 0.29) is 22.8 Å². The third-order valence-corrected chi connectivity index (χ3v) is 6.78. The van der Waals surface area contributed by atoms with Crippen LogP contribution >= 0.6 is 0 Å². The van der Waals surface area contributed by atoms with Crippen molar-refractivity contribution in [3.8, 4) is 5.75 Å². The predicted octanol–water partition coefficient (Wildman–Crippen LogP) is 4.62. The summed E-state index contributed by atoms with van der Waals surface area (Å²) in [6, 6.07) is 22.5. The molecule has 30 heavy (non-hydrogen) atoms. The molecule has 0 aliphatic carbocycles. The first-order valence-electron chi connectivity index (χ1n) is 9.49. The molecule has 0 bridgehead atoms. The second kappa shape index (κ2) is 7.80. The van der Waals surface area contributed by atoms with Gasteiger partial charge in [-0.05, 0) is 48.9 Å². The zero-order valence-electron chi connectivity index (χ0n) is 16.7. The fourth-order valence-electron chi connectivity index (χ4n) is 3.42. The molecule has 0 radical (unpaired) electrons. The molecule has 6 heteroatoms. The number of ether oxygens (including phenoxy) is 1. The summed E-state index contributed by atoms with van der Waals surface area (Å²) in [7, 11) is -2.36. The van der Waals surface area contributed by atoms with Crippen LogP contribution in [0.3, 0.4) is 0 Å². The van der Waals surface area contributed by atoms with E-state index < -0.39 is 10.0 Å². The summed E-state index contributed by atoms with van der Waals surface area (Å²) in [6.07, 6.45) is 0.0870. The van der Waals surface area contributed by atoms with Crippen molar-refractivity contribution in [2.75, 3.05) is 7.11 Å². The van der Waals surface area contributed by atoms with Crippen LogP contribution in [0.2, 0.25) is 0 Å². The van der Waals surface area contributed by atoms with Crippen molar-refractivity contribution in [1.29, 1.82) is 0 Å². The lowest BCUT2D eigenvalue weighted by Crippen LogP contribution is -2.19. The molecule has 0 spiro atoms. The van der Waals surface area contributed by atoms with Gasteiger partial charge in [-0.15, -0.1) is 0 Å². The maximum Gasteiger partial charge on any atom is 0.268 e. The van der Waals surface area contributed by atoms with E-state index in [1.54, 1.807) is 79.9 Å². The van der Waals surface area contributed by atoms with Crippen molar-refractivity contribution in [2.24, 2.45) is 0 Å². The average Bonchev–Trinajstić information content (AvgIpc) is 3.15. The van der Waals surface area contributed by atoms with Gasteiger partial charge in [0, 0.05) is 11.8 Å². The van der Waals surface area contributed by atoms with Gasteiger partial charge in [0.15, 0.2) is 5.78 Å². The predicted molar refractivity (Wildman–Crippen MR) is 117 cm³/mol. The highest BCUT2D eigenvalue weighted by molar-refractivity contribution is 7.90. The molecule has 0 aliphatic heterocycles. The van der Waals surface area contributed by atoms with Crippen LogP contribution in [-0.4, -0.2) is 25.3 Å². The fraction of sp³-hybridized carbons (Fsp3) is 0.125. The Balaban J connectivity index is 1.82. The van der Waals surface area contributed by atoms with Crippen LogP contribution in [0.4, 0.5) is 0 Å². The number of para-hydroxylation sites is 1. The number of rotatable bonds is 6. The molecule has 0 saturated carbocycles. The molecule has 0 aliphatic rings. The standard InChI is InChI=1S/C24H21NO4S/c1-17-7-13-21(14-8-17)30(27,28)25-22-6-4-3-5-19(22)16-23(25)24(26)15-18-9-11-20(29-2)12-10-18/h3-14,16H,15H2,1-2H3. The number of ketones is 1. The third-order valence-electron chi connectivity index (χ3n) is 5.04. The highest BCUT2D eigenvalue weighted by Crippen LogP contribution is 2.27. The van der Waals surface area contributed by atoms with E-state index in [0.717, 1.165) is 11.1 Å². The quantitative estimate of drug-likeness (QED) is 0.428. The monoisotopic (exact) mass is 419 g/mol. The third kappa shape index (κ3) is 3.62. The Morgan fingerprint density at radius 1 is 0.933 bits per heavy atom. The molecule has 1 heterocycles. The number of carbonyl (C=O) groups is 1. The largest absolute Gasteiger partial charge is 0.497 e. The minimum atomic E-state index is -3.94. The lowest BCUT2D eigenvalue weighted by Gasteiger charge is -2.12. The maximum atomic E-state index is 13.5. The molecular formula is C24H21NO4S. The van der Waals surface area contributed by atoms with Gasteiger partial charge in [0.2, 0.25) is 0 Å². The minimum absolute atomic E-state index is 0.0870. The summed E-state index contributed by atoms with van der Waals surface area (Å²) in [5.74, 6) is 0.425. The Kier molecular flexibility index (Phi) is 5.18. The Labute approximate surface area is 175 Å². The van der Waals surface area contributed by atoms with Crippen molar-refractivity contribution in [1.82, 2.24) is 3.97 Å². The fourth-order valence-corrected chi connectivity index (χ4v) is 4.95. The second-order valence-corrected chi connectivity index (χ2v) is 8.91. The van der Waals surface area contributed by atoms with Gasteiger partial charge in [0.05, 0.1) is 17.5 Å². The van der Waals surface area contributed by atoms with Crippen molar-refractivity contribution in [3.63, 3.8) is 0 Å². The molecule has 0 amide bonds. The number of hydrogen-bond acceptors (Lipinski definition) is 4. The topological polar surface area (TPSA) is 65.4 Å². The summed E-state index contributed by atoms with van der Waals surface area (Å²) in [5.41, 5.74) is 2.37. The van der Waals surface area contributed by atoms with E-state index in [4.69, 9.17) is 4.74 Å². The highest BCUT2D eigenvalue weighted by Gasteiger charge is 2.26. The Hall–Kier alpha value is -3.38. The van der Waals surface area contributed by atoms with Gasteiger partial charge < -0.3 is 4.74 Å². The maximum absolute atomic E-state index is 13.5. The lowest BCUT2D eigenvalue weighted by molar-refractivity contribution is 0.0987. The first kappa shape index (κ1) is 19.9. The molecule has 0 atom stereocenters. The Morgan fingerprint density at radius 3 is 2.27 bits per heavy atom. The summed E-state index contributed by atoms with van der Waals surface area (Å²) < 4.78 is 33.3. The summed E-state index contributed by atoms with van der Waals surface area (Å²) in [5, 5.41) is 0.700. The number of methoxy groups -OCH3 is 1. The van der Waals surface area contributed by atoms with Gasteiger partial charge >= 0.3 is 0 Å². The lowest BCUT2D eigenvalue weighted by atomic mass is 10.1. The van der Waals surface area contributed by atoms with Gasteiger partial charge in [-0.3, -0.25) is 4.79 Å². The molecule has 4 rings (SSSR count). The molecule has 4 aromatic rings. The summed E-state index contributed by atoms with van der Waals surface area (Å²) in [6.45, 7) is 1.89. The van der Waals surface area contributed by atoms with Crippen LogP contribution < -0.4 is 4.74 Å². The number of hydrogen-bond donors (Lipinski definition) is 0. The zero-order valence-corrected chi connectivity index (χ0v) is 17.5. The van der Waals surface area contributed by atoms with Crippen molar-refractivity contribution >= 4 is 26.7 Å². The number of Topliss-reactive ketones (excluding diaryl/α,β-unsaturated/α-hetero) is 1. The molecule has 0 saturated heterocycles. The van der Waals surface area contributed by atoms with Gasteiger partial charge in [-0.2, -0.15) is 0 Å². The first-order valence-corrected chi connectivity index (χ1v) is 10.9. The Bertz CT molecular complexity index is 1320. The molecule has 0 N–H and O–H groups in total. The van der Waals surface area contributed by atoms with Crippen LogP contribution in [0.25, 0.3) is 10.9 Å². The smallest absolute Gasteiger partial charge is 0.268 e. The molecule has 152 valence electrons. The average molecular weight is 420 g/mol. The molecule has 5 nitrogen and oxygen atoms in total. The van der Waals surface area contributed by atoms with E-state index in [2.05, 4.69) is 0 Å². The van der Waals surface area contributed by atoms with Crippen LogP contribution in [0.15, 0.2) is 83.8 Å². The van der Waals surface area contributed by atoms with Gasteiger partial charge in [0.25, 0.3) is 10.0 Å². The number of nitrogens with zero attached hydrogens (tertiary/aromatic N) is 1. The SMILES string of the molecule is COc1ccc(CC(=O)c2cc3ccccc3n2S(=O)(=O)c2ccc(C)cc2)cc1. The number of aryl methyl sites for hydroxylation is 1. The van der Waals surface area contributed by atoms with Crippen LogP contribution in [0, 0.1) is 6.92 Å². The van der Waals surface area contributed by atoms with E-state index in [9.17, 15) is 13.2 Å². The van der Waals surface area contributed by atoms with E-state index >= 15 is 0 Å². The summed E-state index contributed by atoms with van der Waals surface area (Å²) in [4.78, 5) is 13.3. The zero-order chi connectivity index (χ0) is 21.3.